The molecule has 0 aromatic carbocycles. The Morgan fingerprint density at radius 3 is 1.90 bits per heavy atom. The van der Waals surface area contributed by atoms with Gasteiger partial charge in [0.15, 0.2) is 0 Å². The van der Waals surface area contributed by atoms with Crippen LogP contribution in [0.15, 0.2) is 0 Å². The van der Waals surface area contributed by atoms with Crippen LogP contribution in [0.5, 0.6) is 0 Å². The van der Waals surface area contributed by atoms with Gasteiger partial charge in [0.05, 0.1) is 0 Å². The van der Waals surface area contributed by atoms with Crippen LogP contribution in [-0.4, -0.2) is 12.2 Å². The molecule has 0 fully saturated rings. The van der Waals surface area contributed by atoms with Crippen molar-refractivity contribution in [3.05, 3.63) is 0 Å². The van der Waals surface area contributed by atoms with Crippen LogP contribution >= 0.6 is 11.6 Å². The minimum atomic E-state index is 0.596. The third-order valence-electron chi connectivity index (χ3n) is 0.956. The van der Waals surface area contributed by atoms with E-state index in [0.29, 0.717) is 12.3 Å². The lowest BCUT2D eigenvalue weighted by atomic mass is 10.4. The molecule has 0 aromatic rings. The summed E-state index contributed by atoms with van der Waals surface area (Å²) in [7, 11) is 0. The lowest BCUT2D eigenvalue weighted by Gasteiger charge is -1.77. The molecule has 0 saturated heterocycles. The Kier molecular flexibility index (Phi) is 20.2. The Bertz CT molecular complexity index is 53.2. The third kappa shape index (κ3) is 24.6. The van der Waals surface area contributed by atoms with Gasteiger partial charge in [-0.3, -0.25) is 0 Å². The highest BCUT2D eigenvalue weighted by atomic mass is 35.5. The lowest BCUT2D eigenvalue weighted by molar-refractivity contribution is -0.107. The molecule has 0 spiro atoms. The number of aldehydes is 1. The van der Waals surface area contributed by atoms with Crippen molar-refractivity contribution in [2.75, 3.05) is 5.88 Å². The summed E-state index contributed by atoms with van der Waals surface area (Å²) in [4.78, 5) is 9.51. The van der Waals surface area contributed by atoms with Crippen LogP contribution in [0, 0.1) is 0 Å². The van der Waals surface area contributed by atoms with Crippen molar-refractivity contribution in [2.24, 2.45) is 0 Å². The summed E-state index contributed by atoms with van der Waals surface area (Å²) in [6.45, 7) is 4.36. The minimum Gasteiger partial charge on any atom is -0.303 e. The molecule has 62 valence electrons. The number of halogens is 1. The largest absolute Gasteiger partial charge is 0.303 e. The van der Waals surface area contributed by atoms with Gasteiger partial charge >= 0.3 is 0 Å². The summed E-state index contributed by atoms with van der Waals surface area (Å²) in [6, 6.07) is 0. The molecule has 2 heteroatoms. The third-order valence-corrected chi connectivity index (χ3v) is 1.22. The molecule has 0 unspecified atom stereocenters. The predicted octanol–water partition coefficient (Wildman–Crippen LogP) is 3.01. The van der Waals surface area contributed by atoms with Gasteiger partial charge in [0, 0.05) is 12.3 Å². The molecular weight excluding hydrogens is 148 g/mol. The molecule has 0 rings (SSSR count). The van der Waals surface area contributed by atoms with Crippen molar-refractivity contribution >= 4 is 17.9 Å². The summed E-state index contributed by atoms with van der Waals surface area (Å²) in [5, 5.41) is 0. The molecule has 0 bridgehead atoms. The van der Waals surface area contributed by atoms with Crippen LogP contribution in [0.25, 0.3) is 0 Å². The van der Waals surface area contributed by atoms with Crippen LogP contribution in [-0.2, 0) is 4.79 Å². The maximum atomic E-state index is 9.51. The van der Waals surface area contributed by atoms with Crippen molar-refractivity contribution in [3.63, 3.8) is 0 Å². The lowest BCUT2D eigenvalue weighted by Crippen LogP contribution is -1.74. The topological polar surface area (TPSA) is 17.1 Å². The van der Waals surface area contributed by atoms with Gasteiger partial charge in [-0.1, -0.05) is 26.7 Å². The zero-order valence-corrected chi connectivity index (χ0v) is 7.66. The molecule has 10 heavy (non-hydrogen) atoms. The number of carbonyl (C=O) groups excluding carboxylic acids is 1. The van der Waals surface area contributed by atoms with E-state index in [4.69, 9.17) is 11.6 Å². The summed E-state index contributed by atoms with van der Waals surface area (Å²) in [5.74, 6) is 0.596. The smallest absolute Gasteiger partial charge is 0.120 e. The van der Waals surface area contributed by atoms with Crippen LogP contribution in [0.1, 0.15) is 39.5 Å². The predicted molar refractivity (Wildman–Crippen MR) is 46.6 cm³/mol. The minimum absolute atomic E-state index is 0.596. The van der Waals surface area contributed by atoms with Crippen molar-refractivity contribution < 1.29 is 4.79 Å². The fraction of sp³-hybridized carbons (Fsp3) is 0.875. The molecule has 0 amide bonds. The summed E-state index contributed by atoms with van der Waals surface area (Å²) < 4.78 is 0. The summed E-state index contributed by atoms with van der Waals surface area (Å²) in [5.41, 5.74) is 0. The molecule has 0 heterocycles. The first-order chi connectivity index (χ1) is 4.83. The van der Waals surface area contributed by atoms with Gasteiger partial charge in [0.1, 0.15) is 6.29 Å². The van der Waals surface area contributed by atoms with E-state index in [9.17, 15) is 4.79 Å². The van der Waals surface area contributed by atoms with Crippen molar-refractivity contribution in [2.45, 2.75) is 39.5 Å². The van der Waals surface area contributed by atoms with E-state index < -0.39 is 0 Å². The molecule has 0 aliphatic carbocycles. The molecule has 1 nitrogen and oxygen atoms in total. The Labute approximate surface area is 68.8 Å². The molecule has 0 aliphatic heterocycles. The first-order valence-electron chi connectivity index (χ1n) is 3.83. The highest BCUT2D eigenvalue weighted by Gasteiger charge is 1.76. The van der Waals surface area contributed by atoms with Crippen LogP contribution < -0.4 is 0 Å². The van der Waals surface area contributed by atoms with Gasteiger partial charge in [-0.2, -0.15) is 0 Å². The molecule has 0 aromatic heterocycles. The number of alkyl halides is 1. The number of carbonyl (C=O) groups is 1. The Hall–Kier alpha value is -0.0400. The van der Waals surface area contributed by atoms with Crippen LogP contribution in [0.3, 0.4) is 0 Å². The second-order valence-electron chi connectivity index (χ2n) is 2.00. The normalized spacial score (nSPS) is 7.90. The van der Waals surface area contributed by atoms with E-state index in [1.165, 1.54) is 12.8 Å². The Morgan fingerprint density at radius 2 is 1.80 bits per heavy atom. The van der Waals surface area contributed by atoms with Gasteiger partial charge in [0.25, 0.3) is 0 Å². The number of unbranched alkanes of at least 4 members (excludes halogenated alkanes) is 2. The van der Waals surface area contributed by atoms with Gasteiger partial charge in [0.2, 0.25) is 0 Å². The van der Waals surface area contributed by atoms with Gasteiger partial charge in [-0.15, -0.1) is 11.6 Å². The molecule has 0 saturated carbocycles. The average molecular weight is 165 g/mol. The fourth-order valence-corrected chi connectivity index (χ4v) is 0.315. The van der Waals surface area contributed by atoms with Gasteiger partial charge in [-0.05, 0) is 6.42 Å². The van der Waals surface area contributed by atoms with Crippen LogP contribution in [0.2, 0.25) is 0 Å². The van der Waals surface area contributed by atoms with Crippen molar-refractivity contribution in [3.8, 4) is 0 Å². The van der Waals surface area contributed by atoms with E-state index in [2.05, 4.69) is 13.8 Å². The molecule has 0 aliphatic rings. The quantitative estimate of drug-likeness (QED) is 0.355. The maximum Gasteiger partial charge on any atom is 0.120 e. The number of hydrogen-bond acceptors (Lipinski definition) is 1. The molecule has 0 atom stereocenters. The van der Waals surface area contributed by atoms with Crippen molar-refractivity contribution in [1.82, 2.24) is 0 Å². The Balaban J connectivity index is 0. The second kappa shape index (κ2) is 16.0. The van der Waals surface area contributed by atoms with E-state index >= 15 is 0 Å². The van der Waals surface area contributed by atoms with E-state index in [-0.39, 0.29) is 0 Å². The van der Waals surface area contributed by atoms with Crippen LogP contribution in [0.4, 0.5) is 0 Å². The maximum absolute atomic E-state index is 9.51. The molecule has 0 radical (unpaired) electrons. The Morgan fingerprint density at radius 1 is 1.30 bits per heavy atom. The zero-order valence-electron chi connectivity index (χ0n) is 6.90. The van der Waals surface area contributed by atoms with Crippen molar-refractivity contribution in [1.29, 1.82) is 0 Å². The van der Waals surface area contributed by atoms with E-state index in [0.717, 1.165) is 12.7 Å². The highest BCUT2D eigenvalue weighted by Crippen LogP contribution is 1.85. The summed E-state index contributed by atoms with van der Waals surface area (Å²) >= 11 is 5.22. The second-order valence-corrected chi connectivity index (χ2v) is 2.38. The fourth-order valence-electron chi connectivity index (χ4n) is 0.160. The number of rotatable bonds is 4. The SMILES string of the molecule is CCCC.O=CCCCCl. The summed E-state index contributed by atoms with van der Waals surface area (Å²) in [6.07, 6.45) is 4.93. The monoisotopic (exact) mass is 164 g/mol. The van der Waals surface area contributed by atoms with E-state index in [1.54, 1.807) is 0 Å². The molecular formula is C8H17ClO. The molecule has 0 N–H and O–H groups in total. The first kappa shape index (κ1) is 12.6. The van der Waals surface area contributed by atoms with E-state index in [1.807, 2.05) is 0 Å². The first-order valence-corrected chi connectivity index (χ1v) is 4.36. The standard InChI is InChI=1S/C4H7ClO.C4H10/c5-3-1-2-4-6;1-3-4-2/h4H,1-3H2;3-4H2,1-2H3. The highest BCUT2D eigenvalue weighted by molar-refractivity contribution is 6.17. The number of hydrogen-bond donors (Lipinski definition) is 0. The van der Waals surface area contributed by atoms with Gasteiger partial charge < -0.3 is 4.79 Å². The zero-order chi connectivity index (χ0) is 8.24. The van der Waals surface area contributed by atoms with Gasteiger partial charge in [-0.25, -0.2) is 0 Å². The average Bonchev–Trinajstić information content (AvgIpc) is 2.01.